The van der Waals surface area contributed by atoms with Gasteiger partial charge in [0.05, 0.1) is 12.6 Å². The van der Waals surface area contributed by atoms with Gasteiger partial charge in [0, 0.05) is 19.5 Å². The molecule has 0 aliphatic carbocycles. The van der Waals surface area contributed by atoms with Crippen LogP contribution in [0.1, 0.15) is 58.8 Å². The second-order valence-corrected chi connectivity index (χ2v) is 10.2. The molecule has 238 valence electrons. The van der Waals surface area contributed by atoms with Crippen LogP contribution in [0, 0.1) is 5.92 Å². The van der Waals surface area contributed by atoms with Gasteiger partial charge < -0.3 is 53.4 Å². The van der Waals surface area contributed by atoms with Gasteiger partial charge >= 0.3 is 11.9 Å². The van der Waals surface area contributed by atoms with Crippen molar-refractivity contribution in [2.45, 2.75) is 89.0 Å². The van der Waals surface area contributed by atoms with Gasteiger partial charge in [-0.2, -0.15) is 0 Å². The third-order valence-corrected chi connectivity index (χ3v) is 6.99. The van der Waals surface area contributed by atoms with E-state index in [1.54, 1.807) is 13.8 Å². The molecule has 12 N–H and O–H groups in total. The lowest BCUT2D eigenvalue weighted by molar-refractivity contribution is -0.143. The molecule has 0 bridgehead atoms. The quantitative estimate of drug-likeness (QED) is 0.0427. The molecule has 0 aromatic carbocycles. The Labute approximate surface area is 243 Å². The predicted molar refractivity (Wildman–Crippen MR) is 149 cm³/mol. The van der Waals surface area contributed by atoms with E-state index in [-0.39, 0.29) is 44.7 Å². The smallest absolute Gasteiger partial charge is 0.328 e. The van der Waals surface area contributed by atoms with Crippen LogP contribution in [0.3, 0.4) is 0 Å². The van der Waals surface area contributed by atoms with E-state index >= 15 is 0 Å². The maximum Gasteiger partial charge on any atom is 0.328 e. The third-order valence-electron chi connectivity index (χ3n) is 6.99. The van der Waals surface area contributed by atoms with Crippen molar-refractivity contribution in [1.29, 1.82) is 0 Å². The number of nitrogens with one attached hydrogen (secondary N) is 3. The highest BCUT2D eigenvalue weighted by Gasteiger charge is 2.39. The molecule has 0 spiro atoms. The third kappa shape index (κ3) is 11.5. The van der Waals surface area contributed by atoms with Crippen molar-refractivity contribution in [3.05, 3.63) is 0 Å². The van der Waals surface area contributed by atoms with Crippen LogP contribution >= 0.6 is 0 Å². The minimum absolute atomic E-state index is 0.00638. The van der Waals surface area contributed by atoms with Gasteiger partial charge in [0.1, 0.15) is 24.2 Å². The van der Waals surface area contributed by atoms with Crippen molar-refractivity contribution < 1.29 is 44.1 Å². The molecule has 1 rings (SSSR count). The van der Waals surface area contributed by atoms with Crippen molar-refractivity contribution in [2.24, 2.45) is 28.1 Å². The first-order valence-electron chi connectivity index (χ1n) is 13.8. The number of rotatable bonds is 18. The fourth-order valence-electron chi connectivity index (χ4n) is 4.36. The summed E-state index contributed by atoms with van der Waals surface area (Å²) in [4.78, 5) is 79.7. The number of guanidine groups is 1. The number of aliphatic hydroxyl groups is 1. The lowest BCUT2D eigenvalue weighted by Gasteiger charge is -2.30. The Kier molecular flexibility index (Phi) is 15.2. The molecule has 1 aliphatic rings. The number of amides is 4. The number of aliphatic carboxylic acids is 2. The summed E-state index contributed by atoms with van der Waals surface area (Å²) >= 11 is 0. The number of nitrogens with zero attached hydrogens (tertiary/aromatic N) is 2. The van der Waals surface area contributed by atoms with E-state index in [0.717, 1.165) is 0 Å². The maximum absolute atomic E-state index is 13.4. The van der Waals surface area contributed by atoms with Crippen molar-refractivity contribution in [2.75, 3.05) is 19.7 Å². The van der Waals surface area contributed by atoms with Gasteiger partial charge in [-0.3, -0.25) is 29.0 Å². The lowest BCUT2D eigenvalue weighted by Crippen LogP contribution is -2.59. The Morgan fingerprint density at radius 3 is 2.19 bits per heavy atom. The van der Waals surface area contributed by atoms with Crippen LogP contribution in [0.15, 0.2) is 4.99 Å². The number of nitrogens with two attached hydrogens (primary N) is 3. The van der Waals surface area contributed by atoms with Gasteiger partial charge in [0.15, 0.2) is 5.96 Å². The van der Waals surface area contributed by atoms with Crippen LogP contribution in [0.25, 0.3) is 0 Å². The molecular formula is C25H44N8O9. The van der Waals surface area contributed by atoms with Gasteiger partial charge in [0.25, 0.3) is 0 Å². The minimum Gasteiger partial charge on any atom is -0.481 e. The summed E-state index contributed by atoms with van der Waals surface area (Å²) in [6.07, 6.45) is 1.11. The molecule has 1 heterocycles. The summed E-state index contributed by atoms with van der Waals surface area (Å²) in [7, 11) is 0. The van der Waals surface area contributed by atoms with Crippen molar-refractivity contribution >= 4 is 41.5 Å². The SMILES string of the molecule is CC[C@H](C)[C@H](NC(=O)[C@@H]1CCCN1C(=O)[C@@H](N)CCC(=O)O)C(=O)N[C@@H](CCCN=C(N)N)C(=O)N[C@@H](CO)C(=O)O. The average Bonchev–Trinajstić information content (AvgIpc) is 3.43. The van der Waals surface area contributed by atoms with E-state index in [4.69, 9.17) is 22.3 Å². The Balaban J connectivity index is 3.08. The number of hydrogen-bond acceptors (Lipinski definition) is 9. The van der Waals surface area contributed by atoms with Gasteiger partial charge in [-0.1, -0.05) is 20.3 Å². The van der Waals surface area contributed by atoms with Crippen LogP contribution < -0.4 is 33.2 Å². The number of hydrogen-bond donors (Lipinski definition) is 9. The highest BCUT2D eigenvalue weighted by molar-refractivity contribution is 5.95. The largest absolute Gasteiger partial charge is 0.481 e. The highest BCUT2D eigenvalue weighted by Crippen LogP contribution is 2.20. The van der Waals surface area contributed by atoms with Crippen molar-refractivity contribution in [1.82, 2.24) is 20.9 Å². The van der Waals surface area contributed by atoms with Crippen LogP contribution in [0.4, 0.5) is 0 Å². The van der Waals surface area contributed by atoms with E-state index in [1.807, 2.05) is 0 Å². The molecule has 0 aromatic heterocycles. The number of likely N-dealkylation sites (tertiary alicyclic amines) is 1. The van der Waals surface area contributed by atoms with Gasteiger partial charge in [-0.15, -0.1) is 0 Å². The Bertz CT molecular complexity index is 1000. The first-order valence-corrected chi connectivity index (χ1v) is 13.8. The second-order valence-electron chi connectivity index (χ2n) is 10.2. The number of carbonyl (C=O) groups excluding carboxylic acids is 4. The summed E-state index contributed by atoms with van der Waals surface area (Å²) in [5, 5.41) is 34.8. The Morgan fingerprint density at radius 1 is 1.00 bits per heavy atom. The first-order chi connectivity index (χ1) is 19.7. The second kappa shape index (κ2) is 17.7. The fraction of sp³-hybridized carbons (Fsp3) is 0.720. The molecule has 17 heteroatoms. The number of carboxylic acid groups (broad SMARTS) is 2. The summed E-state index contributed by atoms with van der Waals surface area (Å²) in [6, 6.07) is -6.00. The van der Waals surface area contributed by atoms with Gasteiger partial charge in [-0.05, 0) is 38.0 Å². The Hall–Kier alpha value is -3.99. The molecule has 17 nitrogen and oxygen atoms in total. The van der Waals surface area contributed by atoms with Gasteiger partial charge in [0.2, 0.25) is 23.6 Å². The van der Waals surface area contributed by atoms with Crippen molar-refractivity contribution in [3.8, 4) is 0 Å². The molecule has 6 atom stereocenters. The van der Waals surface area contributed by atoms with E-state index in [1.165, 1.54) is 4.90 Å². The molecule has 1 aliphatic heterocycles. The predicted octanol–water partition coefficient (Wildman–Crippen LogP) is -3.20. The van der Waals surface area contributed by atoms with E-state index in [2.05, 4.69) is 20.9 Å². The summed E-state index contributed by atoms with van der Waals surface area (Å²) in [6.45, 7) is 2.99. The summed E-state index contributed by atoms with van der Waals surface area (Å²) in [5.74, 6) is -5.91. The molecule has 4 amide bonds. The zero-order chi connectivity index (χ0) is 32.0. The number of aliphatic hydroxyl groups excluding tert-OH is 1. The fourth-order valence-corrected chi connectivity index (χ4v) is 4.36. The maximum atomic E-state index is 13.4. The van der Waals surface area contributed by atoms with Gasteiger partial charge in [-0.25, -0.2) is 4.79 Å². The zero-order valence-corrected chi connectivity index (χ0v) is 24.0. The summed E-state index contributed by atoms with van der Waals surface area (Å²) < 4.78 is 0. The molecule has 1 fully saturated rings. The minimum atomic E-state index is -1.60. The highest BCUT2D eigenvalue weighted by atomic mass is 16.4. The topological polar surface area (TPSA) is 293 Å². The van der Waals surface area contributed by atoms with Crippen LogP contribution in [0.5, 0.6) is 0 Å². The van der Waals surface area contributed by atoms with Crippen LogP contribution in [0.2, 0.25) is 0 Å². The molecule has 0 saturated carbocycles. The number of carboxylic acids is 2. The molecule has 0 radical (unpaired) electrons. The van der Waals surface area contributed by atoms with Crippen molar-refractivity contribution in [3.63, 3.8) is 0 Å². The molecule has 0 aromatic rings. The standard InChI is InChI=1S/C25H44N8O9/c1-3-13(2)19(32-21(38)17-7-5-11-33(17)23(40)14(26)8-9-18(35)36)22(39)30-15(6-4-10-29-25(27)28)20(37)31-16(12-34)24(41)42/h13-17,19,34H,3-12,26H2,1-2H3,(H,30,39)(H,31,37)(H,32,38)(H,35,36)(H,41,42)(H4,27,28,29)/t13-,14-,15-,16-,17-,19-/m0/s1. The van der Waals surface area contributed by atoms with E-state index in [0.29, 0.717) is 19.3 Å². The normalized spacial score (nSPS) is 18.1. The molecule has 42 heavy (non-hydrogen) atoms. The van der Waals surface area contributed by atoms with E-state index < -0.39 is 78.3 Å². The van der Waals surface area contributed by atoms with E-state index in [9.17, 15) is 39.0 Å². The zero-order valence-electron chi connectivity index (χ0n) is 24.0. The number of carbonyl (C=O) groups is 6. The molecule has 0 unspecified atom stereocenters. The number of aliphatic imine (C=N–C) groups is 1. The molecule has 1 saturated heterocycles. The van der Waals surface area contributed by atoms with Crippen LogP contribution in [-0.4, -0.2) is 112 Å². The lowest BCUT2D eigenvalue weighted by atomic mass is 9.97. The monoisotopic (exact) mass is 600 g/mol. The van der Waals surface area contributed by atoms with Crippen LogP contribution in [-0.2, 0) is 28.8 Å². The summed E-state index contributed by atoms with van der Waals surface area (Å²) in [5.41, 5.74) is 16.5. The molecular weight excluding hydrogens is 556 g/mol. The average molecular weight is 601 g/mol. The Morgan fingerprint density at radius 2 is 1.64 bits per heavy atom. The first kappa shape index (κ1) is 36.0.